The molecule has 5 heteroatoms. The lowest BCUT2D eigenvalue weighted by Crippen LogP contribution is -2.68. The van der Waals surface area contributed by atoms with Crippen LogP contribution in [0.5, 0.6) is 0 Å². The average Bonchev–Trinajstić information content (AvgIpc) is 3.18. The Morgan fingerprint density at radius 2 is 1.27 bits per heavy atom. The third-order valence-corrected chi connectivity index (χ3v) is 16.0. The van der Waals surface area contributed by atoms with Gasteiger partial charge in [-0.1, -0.05) is 116 Å². The Kier molecular flexibility index (Phi) is 6.42. The van der Waals surface area contributed by atoms with Crippen molar-refractivity contribution >= 4 is 28.5 Å². The SMILES string of the molecule is Cc1ccc(S(=O)(=O)N2C[C@H](C)[C@@H]([Si](c3ccccc3)(c3ccccc3)C(C)(C)C)C2)cc1. The van der Waals surface area contributed by atoms with Gasteiger partial charge >= 0.3 is 0 Å². The Labute approximate surface area is 200 Å². The molecule has 0 aliphatic carbocycles. The quantitative estimate of drug-likeness (QED) is 0.481. The summed E-state index contributed by atoms with van der Waals surface area (Å²) in [6, 6.07) is 29.0. The molecule has 0 amide bonds. The van der Waals surface area contributed by atoms with Crippen molar-refractivity contribution in [3.05, 3.63) is 90.5 Å². The molecule has 0 saturated carbocycles. The van der Waals surface area contributed by atoms with Gasteiger partial charge in [0.2, 0.25) is 10.0 Å². The third-order valence-electron chi connectivity index (χ3n) is 7.44. The van der Waals surface area contributed by atoms with Crippen molar-refractivity contribution in [3.8, 4) is 0 Å². The molecule has 4 rings (SSSR count). The summed E-state index contributed by atoms with van der Waals surface area (Å²) >= 11 is 0. The summed E-state index contributed by atoms with van der Waals surface area (Å²) < 4.78 is 29.0. The Bertz CT molecular complexity index is 1150. The summed E-state index contributed by atoms with van der Waals surface area (Å²) in [4.78, 5) is 0.392. The van der Waals surface area contributed by atoms with E-state index in [0.29, 0.717) is 18.0 Å². The first-order chi connectivity index (χ1) is 15.6. The highest BCUT2D eigenvalue weighted by molar-refractivity contribution is 7.89. The molecule has 174 valence electrons. The van der Waals surface area contributed by atoms with E-state index in [9.17, 15) is 8.42 Å². The number of sulfonamides is 1. The van der Waals surface area contributed by atoms with Crippen LogP contribution in [0.4, 0.5) is 0 Å². The molecular weight excluding hydrogens is 442 g/mol. The molecule has 1 aliphatic rings. The molecule has 2 atom stereocenters. The minimum atomic E-state index is -3.54. The van der Waals surface area contributed by atoms with Crippen LogP contribution in [-0.2, 0) is 10.0 Å². The Hall–Kier alpha value is -2.21. The monoisotopic (exact) mass is 477 g/mol. The van der Waals surface area contributed by atoms with Crippen LogP contribution in [0.1, 0.15) is 33.3 Å². The summed E-state index contributed by atoms with van der Waals surface area (Å²) in [6.45, 7) is 12.4. The lowest BCUT2D eigenvalue weighted by atomic mass is 10.1. The first-order valence-electron chi connectivity index (χ1n) is 11.8. The van der Waals surface area contributed by atoms with Crippen molar-refractivity contribution in [2.24, 2.45) is 5.92 Å². The number of benzene rings is 3. The molecule has 3 aromatic rings. The Balaban J connectivity index is 1.86. The summed E-state index contributed by atoms with van der Waals surface area (Å²) in [5.41, 5.74) is 1.33. The highest BCUT2D eigenvalue weighted by atomic mass is 32.2. The zero-order chi connectivity index (χ0) is 23.9. The molecule has 1 aliphatic heterocycles. The maximum absolute atomic E-state index is 13.6. The van der Waals surface area contributed by atoms with Gasteiger partial charge in [-0.15, -0.1) is 0 Å². The molecule has 0 N–H and O–H groups in total. The van der Waals surface area contributed by atoms with E-state index >= 15 is 0 Å². The molecule has 0 unspecified atom stereocenters. The smallest absolute Gasteiger partial charge is 0.207 e. The number of rotatable bonds is 5. The average molecular weight is 478 g/mol. The minimum Gasteiger partial charge on any atom is -0.207 e. The van der Waals surface area contributed by atoms with Crippen molar-refractivity contribution in [3.63, 3.8) is 0 Å². The maximum Gasteiger partial charge on any atom is 0.243 e. The molecule has 1 heterocycles. The van der Waals surface area contributed by atoms with Crippen LogP contribution >= 0.6 is 0 Å². The van der Waals surface area contributed by atoms with E-state index < -0.39 is 18.1 Å². The van der Waals surface area contributed by atoms with Gasteiger partial charge in [0, 0.05) is 13.1 Å². The predicted molar refractivity (Wildman–Crippen MR) is 140 cm³/mol. The van der Waals surface area contributed by atoms with E-state index in [0.717, 1.165) is 5.56 Å². The van der Waals surface area contributed by atoms with Crippen LogP contribution in [0, 0.1) is 12.8 Å². The topological polar surface area (TPSA) is 37.4 Å². The van der Waals surface area contributed by atoms with Crippen LogP contribution in [0.25, 0.3) is 0 Å². The van der Waals surface area contributed by atoms with Crippen molar-refractivity contribution in [1.82, 2.24) is 4.31 Å². The van der Waals surface area contributed by atoms with Gasteiger partial charge in [-0.2, -0.15) is 4.31 Å². The number of nitrogens with zero attached hydrogens (tertiary/aromatic N) is 1. The molecule has 1 saturated heterocycles. The van der Waals surface area contributed by atoms with E-state index in [-0.39, 0.29) is 16.5 Å². The molecule has 3 aromatic carbocycles. The lowest BCUT2D eigenvalue weighted by molar-refractivity contribution is 0.464. The molecule has 1 fully saturated rings. The molecule has 0 spiro atoms. The van der Waals surface area contributed by atoms with Crippen LogP contribution in [0.3, 0.4) is 0 Å². The van der Waals surface area contributed by atoms with E-state index in [2.05, 4.69) is 88.4 Å². The van der Waals surface area contributed by atoms with E-state index in [1.54, 1.807) is 16.4 Å². The Morgan fingerprint density at radius 3 is 1.73 bits per heavy atom. The van der Waals surface area contributed by atoms with Crippen molar-refractivity contribution in [2.45, 2.75) is 50.1 Å². The standard InChI is InChI=1S/C28H35NO2SSi/c1-22-16-18-24(19-17-22)32(30,31)29-20-23(2)27(21-29)33(28(3,4)5,25-12-8-6-9-13-25)26-14-10-7-11-15-26/h6-19,23,27H,20-21H2,1-5H3/t23-,27-/m0/s1. The minimum absolute atomic E-state index is 0.00172. The highest BCUT2D eigenvalue weighted by Gasteiger charge is 2.57. The van der Waals surface area contributed by atoms with Crippen molar-refractivity contribution < 1.29 is 8.42 Å². The second-order valence-electron chi connectivity index (χ2n) is 10.5. The first kappa shape index (κ1) is 23.9. The summed E-state index contributed by atoms with van der Waals surface area (Å²) in [7, 11) is -5.95. The van der Waals surface area contributed by atoms with Gasteiger partial charge in [0.1, 0.15) is 8.07 Å². The van der Waals surface area contributed by atoms with Gasteiger partial charge in [0.25, 0.3) is 0 Å². The fraction of sp³-hybridized carbons (Fsp3) is 0.357. The fourth-order valence-corrected chi connectivity index (χ4v) is 14.6. The van der Waals surface area contributed by atoms with Crippen LogP contribution in [0.2, 0.25) is 10.6 Å². The molecule has 33 heavy (non-hydrogen) atoms. The zero-order valence-corrected chi connectivity index (χ0v) is 22.1. The largest absolute Gasteiger partial charge is 0.243 e. The first-order valence-corrected chi connectivity index (χ1v) is 15.3. The third kappa shape index (κ3) is 4.11. The fourth-order valence-electron chi connectivity index (χ4n) is 5.96. The highest BCUT2D eigenvalue weighted by Crippen LogP contribution is 2.49. The van der Waals surface area contributed by atoms with E-state index in [1.807, 2.05) is 19.1 Å². The normalized spacial score (nSPS) is 20.2. The maximum atomic E-state index is 13.6. The molecule has 0 aromatic heterocycles. The second-order valence-corrected chi connectivity index (χ2v) is 17.5. The predicted octanol–water partition coefficient (Wildman–Crippen LogP) is 5.07. The van der Waals surface area contributed by atoms with Gasteiger partial charge in [-0.3, -0.25) is 0 Å². The molecule has 0 radical (unpaired) electrons. The number of hydrogen-bond acceptors (Lipinski definition) is 2. The number of aryl methyl sites for hydroxylation is 1. The van der Waals surface area contributed by atoms with Gasteiger partial charge in [-0.25, -0.2) is 8.42 Å². The zero-order valence-electron chi connectivity index (χ0n) is 20.3. The van der Waals surface area contributed by atoms with Crippen LogP contribution in [0.15, 0.2) is 89.8 Å². The van der Waals surface area contributed by atoms with Crippen LogP contribution in [-0.4, -0.2) is 33.9 Å². The van der Waals surface area contributed by atoms with E-state index in [4.69, 9.17) is 0 Å². The lowest BCUT2D eigenvalue weighted by Gasteiger charge is -2.49. The summed E-state index contributed by atoms with van der Waals surface area (Å²) in [5.74, 6) is 0.261. The van der Waals surface area contributed by atoms with Gasteiger partial charge < -0.3 is 0 Å². The van der Waals surface area contributed by atoms with Gasteiger partial charge in [0.05, 0.1) is 4.90 Å². The number of hydrogen-bond donors (Lipinski definition) is 0. The second kappa shape index (κ2) is 8.86. The molecule has 0 bridgehead atoms. The van der Waals surface area contributed by atoms with E-state index in [1.165, 1.54) is 10.4 Å². The van der Waals surface area contributed by atoms with Crippen molar-refractivity contribution in [1.29, 1.82) is 0 Å². The van der Waals surface area contributed by atoms with Crippen molar-refractivity contribution in [2.75, 3.05) is 13.1 Å². The molecule has 3 nitrogen and oxygen atoms in total. The van der Waals surface area contributed by atoms with Crippen LogP contribution < -0.4 is 10.4 Å². The Morgan fingerprint density at radius 1 is 0.788 bits per heavy atom. The summed E-state index contributed by atoms with van der Waals surface area (Å²) in [6.07, 6.45) is 0. The molecular formula is C28H35NO2SSi. The van der Waals surface area contributed by atoms with Gasteiger partial charge in [0.15, 0.2) is 0 Å². The van der Waals surface area contributed by atoms with Gasteiger partial charge in [-0.05, 0) is 35.6 Å². The summed E-state index contributed by atoms with van der Waals surface area (Å²) in [5, 5.41) is 2.77.